The lowest BCUT2D eigenvalue weighted by Crippen LogP contribution is -2.52. The van der Waals surface area contributed by atoms with Crippen LogP contribution in [0.5, 0.6) is 17.2 Å². The average Bonchev–Trinajstić information content (AvgIpc) is 3.11. The molecule has 1 heterocycles. The molecule has 0 bridgehead atoms. The Morgan fingerprint density at radius 1 is 0.791 bits per heavy atom. The predicted molar refractivity (Wildman–Crippen MR) is 160 cm³/mol. The highest BCUT2D eigenvalue weighted by Crippen LogP contribution is 2.30. The minimum atomic E-state index is -4.37. The molecule has 2 atom stereocenters. The van der Waals surface area contributed by atoms with Gasteiger partial charge < -0.3 is 25.0 Å². The number of benzene rings is 4. The summed E-state index contributed by atoms with van der Waals surface area (Å²) in [5.74, 6) is 0.416. The molecule has 0 aliphatic carbocycles. The van der Waals surface area contributed by atoms with Crippen molar-refractivity contribution < 1.29 is 33.3 Å². The van der Waals surface area contributed by atoms with Gasteiger partial charge in [0.1, 0.15) is 17.2 Å². The van der Waals surface area contributed by atoms with Crippen molar-refractivity contribution in [1.82, 2.24) is 14.3 Å². The molecule has 2 amide bonds. The van der Waals surface area contributed by atoms with E-state index in [-0.39, 0.29) is 35.9 Å². The first kappa shape index (κ1) is 29.9. The highest BCUT2D eigenvalue weighted by atomic mass is 32.2. The van der Waals surface area contributed by atoms with Crippen LogP contribution in [0.1, 0.15) is 16.7 Å². The molecule has 3 N–H and O–H groups in total. The maximum atomic E-state index is 14.6. The number of phenolic OH excluding ortho intramolecular Hbond substituents is 2. The van der Waals surface area contributed by atoms with E-state index in [9.17, 15) is 28.5 Å². The molecule has 1 aliphatic rings. The quantitative estimate of drug-likeness (QED) is 0.262. The van der Waals surface area contributed by atoms with Crippen molar-refractivity contribution in [3.8, 4) is 17.2 Å². The number of aliphatic hydroxyl groups is 1. The van der Waals surface area contributed by atoms with Crippen LogP contribution in [0.15, 0.2) is 108 Å². The second-order valence-electron chi connectivity index (χ2n) is 10.3. The number of hydrogen-bond donors (Lipinski definition) is 3. The largest absolute Gasteiger partial charge is 0.508 e. The van der Waals surface area contributed by atoms with E-state index < -0.39 is 34.7 Å². The summed E-state index contributed by atoms with van der Waals surface area (Å²) in [4.78, 5) is 15.9. The lowest BCUT2D eigenvalue weighted by Gasteiger charge is -2.35. The van der Waals surface area contributed by atoms with E-state index in [4.69, 9.17) is 4.74 Å². The Morgan fingerprint density at radius 3 is 2.00 bits per heavy atom. The first-order valence-electron chi connectivity index (χ1n) is 13.7. The second kappa shape index (κ2) is 12.7. The summed E-state index contributed by atoms with van der Waals surface area (Å²) in [6.45, 7) is -0.501. The number of methoxy groups -OCH3 is 1. The molecule has 43 heavy (non-hydrogen) atoms. The number of hydrazine groups is 1. The number of ether oxygens (including phenoxy) is 1. The molecule has 10 nitrogen and oxygen atoms in total. The molecule has 4 aromatic rings. The number of amides is 2. The summed E-state index contributed by atoms with van der Waals surface area (Å²) in [5, 5.41) is 32.5. The molecule has 1 aliphatic heterocycles. The molecule has 11 heteroatoms. The van der Waals surface area contributed by atoms with Gasteiger partial charge in [0.25, 0.3) is 10.0 Å². The number of carbonyl (C=O) groups excluding carboxylic acids is 1. The van der Waals surface area contributed by atoms with E-state index in [0.717, 1.165) is 15.0 Å². The number of nitrogens with zero attached hydrogens (tertiary/aromatic N) is 3. The number of rotatable bonds is 9. The van der Waals surface area contributed by atoms with E-state index >= 15 is 0 Å². The first-order valence-corrected chi connectivity index (χ1v) is 15.1. The van der Waals surface area contributed by atoms with Crippen molar-refractivity contribution in [1.29, 1.82) is 0 Å². The molecular weight excluding hydrogens is 570 g/mol. The normalized spacial score (nSPS) is 18.0. The third kappa shape index (κ3) is 6.75. The predicted octanol–water partition coefficient (Wildman–Crippen LogP) is 4.12. The zero-order valence-corrected chi connectivity index (χ0v) is 24.3. The van der Waals surface area contributed by atoms with Crippen molar-refractivity contribution in [3.63, 3.8) is 0 Å². The average molecular weight is 604 g/mol. The molecule has 0 radical (unpaired) electrons. The van der Waals surface area contributed by atoms with Crippen LogP contribution in [-0.4, -0.2) is 69.9 Å². The number of carbonyl (C=O) groups is 1. The van der Waals surface area contributed by atoms with Gasteiger partial charge in [-0.15, -0.1) is 4.41 Å². The standard InChI is InChI=1S/C32H33N3O7S/c1-42-28-8-5-9-29(19-28)43(40,41)35-22-31(38)30(18-23-6-3-2-4-7-23)33(20-24-10-14-26(36)15-11-24)32(39)34(35)21-25-12-16-27(37)17-13-25/h2-17,19,30-31,36-38H,18,20-22H2,1H3/t30-,31-/m1/s1. The molecule has 0 saturated carbocycles. The van der Waals surface area contributed by atoms with Gasteiger partial charge >= 0.3 is 6.03 Å². The minimum absolute atomic E-state index is 0.0269. The van der Waals surface area contributed by atoms with Crippen LogP contribution in [0.3, 0.4) is 0 Å². The molecule has 5 rings (SSSR count). The van der Waals surface area contributed by atoms with Crippen LogP contribution in [0, 0.1) is 0 Å². The summed E-state index contributed by atoms with van der Waals surface area (Å²) in [6, 6.07) is 26.4. The number of aliphatic hydroxyl groups excluding tert-OH is 1. The number of β-amino-alcohol motifs (C(OH)–C–C–N with tert-alkyl or cyclic N) is 1. The molecule has 1 saturated heterocycles. The van der Waals surface area contributed by atoms with Gasteiger partial charge in [-0.25, -0.2) is 18.2 Å². The topological polar surface area (TPSA) is 131 Å². The molecular formula is C32H33N3O7S. The van der Waals surface area contributed by atoms with Crippen LogP contribution < -0.4 is 4.74 Å². The van der Waals surface area contributed by atoms with E-state index in [1.54, 1.807) is 36.4 Å². The lowest BCUT2D eigenvalue weighted by atomic mass is 9.99. The van der Waals surface area contributed by atoms with Crippen molar-refractivity contribution in [2.24, 2.45) is 0 Å². The fourth-order valence-corrected chi connectivity index (χ4v) is 6.59. The zero-order chi connectivity index (χ0) is 30.6. The van der Waals surface area contributed by atoms with Crippen molar-refractivity contribution in [2.45, 2.75) is 36.6 Å². The number of phenols is 2. The van der Waals surface area contributed by atoms with Crippen LogP contribution in [0.4, 0.5) is 4.79 Å². The Bertz CT molecular complexity index is 1650. The van der Waals surface area contributed by atoms with E-state index in [1.165, 1.54) is 48.4 Å². The Kier molecular flexibility index (Phi) is 8.86. The maximum Gasteiger partial charge on any atom is 0.336 e. The lowest BCUT2D eigenvalue weighted by molar-refractivity contribution is 0.0549. The van der Waals surface area contributed by atoms with Gasteiger partial charge in [0.2, 0.25) is 0 Å². The Hall–Kier alpha value is -4.58. The molecule has 1 fully saturated rings. The van der Waals surface area contributed by atoms with Crippen LogP contribution in [-0.2, 0) is 29.5 Å². The van der Waals surface area contributed by atoms with Gasteiger partial charge in [-0.2, -0.15) is 0 Å². The maximum absolute atomic E-state index is 14.6. The summed E-state index contributed by atoms with van der Waals surface area (Å²) < 4.78 is 34.6. The van der Waals surface area contributed by atoms with E-state index in [1.807, 2.05) is 30.3 Å². The number of hydrogen-bond acceptors (Lipinski definition) is 7. The van der Waals surface area contributed by atoms with Crippen LogP contribution in [0.2, 0.25) is 0 Å². The summed E-state index contributed by atoms with van der Waals surface area (Å²) in [7, 11) is -2.94. The van der Waals surface area contributed by atoms with Crippen LogP contribution >= 0.6 is 0 Å². The monoisotopic (exact) mass is 603 g/mol. The molecule has 0 aromatic heterocycles. The van der Waals surface area contributed by atoms with Gasteiger partial charge in [-0.05, 0) is 59.5 Å². The molecule has 0 unspecified atom stereocenters. The van der Waals surface area contributed by atoms with Gasteiger partial charge in [-0.1, -0.05) is 60.7 Å². The molecule has 224 valence electrons. The Balaban J connectivity index is 1.62. The number of sulfonamides is 1. The number of aromatic hydroxyl groups is 2. The van der Waals surface area contributed by atoms with E-state index in [0.29, 0.717) is 16.9 Å². The Morgan fingerprint density at radius 2 is 1.40 bits per heavy atom. The first-order chi connectivity index (χ1) is 20.7. The van der Waals surface area contributed by atoms with Crippen molar-refractivity contribution >= 4 is 16.1 Å². The van der Waals surface area contributed by atoms with Crippen molar-refractivity contribution in [2.75, 3.05) is 13.7 Å². The molecule has 4 aromatic carbocycles. The van der Waals surface area contributed by atoms with Gasteiger partial charge in [0.15, 0.2) is 0 Å². The highest BCUT2D eigenvalue weighted by molar-refractivity contribution is 7.89. The third-order valence-corrected chi connectivity index (χ3v) is 9.14. The third-order valence-electron chi connectivity index (χ3n) is 7.39. The number of urea groups is 1. The van der Waals surface area contributed by atoms with Gasteiger partial charge in [0.05, 0.1) is 37.2 Å². The summed E-state index contributed by atoms with van der Waals surface area (Å²) in [6.07, 6.45) is -1.00. The van der Waals surface area contributed by atoms with Crippen molar-refractivity contribution in [3.05, 3.63) is 120 Å². The molecule has 0 spiro atoms. The van der Waals surface area contributed by atoms with Gasteiger partial charge in [0, 0.05) is 12.6 Å². The fraction of sp³-hybridized carbons (Fsp3) is 0.219. The smallest absolute Gasteiger partial charge is 0.336 e. The van der Waals surface area contributed by atoms with Crippen LogP contribution in [0.25, 0.3) is 0 Å². The fourth-order valence-electron chi connectivity index (χ4n) is 5.09. The second-order valence-corrected chi connectivity index (χ2v) is 12.2. The zero-order valence-electron chi connectivity index (χ0n) is 23.5. The highest BCUT2D eigenvalue weighted by Gasteiger charge is 2.45. The summed E-state index contributed by atoms with van der Waals surface area (Å²) >= 11 is 0. The van der Waals surface area contributed by atoms with E-state index in [2.05, 4.69) is 0 Å². The SMILES string of the molecule is COc1cccc(S(=O)(=O)N2C[C@@H](O)[C@@H](Cc3ccccc3)N(Cc3ccc(O)cc3)C(=O)N2Cc2ccc(O)cc2)c1. The van der Waals surface area contributed by atoms with Gasteiger partial charge in [-0.3, -0.25) is 0 Å². The summed E-state index contributed by atoms with van der Waals surface area (Å²) in [5.41, 5.74) is 2.12. The Labute approximate surface area is 250 Å². The minimum Gasteiger partial charge on any atom is -0.508 e.